The van der Waals surface area contributed by atoms with Crippen molar-refractivity contribution in [3.05, 3.63) is 0 Å². The van der Waals surface area contributed by atoms with E-state index >= 15 is 0 Å². The van der Waals surface area contributed by atoms with E-state index in [9.17, 15) is 14.4 Å². The van der Waals surface area contributed by atoms with Crippen molar-refractivity contribution in [1.82, 2.24) is 0 Å². The molecule has 0 unspecified atom stereocenters. The zero-order chi connectivity index (χ0) is 15.0. The average molecular weight is 282 g/mol. The zero-order valence-electron chi connectivity index (χ0n) is 10.7. The van der Waals surface area contributed by atoms with Crippen LogP contribution >= 0.6 is 0 Å². The summed E-state index contributed by atoms with van der Waals surface area (Å²) in [6.45, 7) is -0.295. The fourth-order valence-corrected chi connectivity index (χ4v) is 1.15. The highest BCUT2D eigenvalue weighted by molar-refractivity contribution is 5.76. The molecule has 1 N–H and O–H groups in total. The monoisotopic (exact) mass is 282 g/mol. The van der Waals surface area contributed by atoms with Gasteiger partial charge in [-0.25, -0.2) is 0 Å². The molecule has 1 heterocycles. The van der Waals surface area contributed by atoms with Gasteiger partial charge in [0.2, 0.25) is 0 Å². The standard InChI is InChI=1S/C12H14N2O6/c1-2-3-4-10(17)19-7-12(13-14-12)8-20-11(18)6-5-9(15)16/h1H,3-8H2,(H,15,16). The van der Waals surface area contributed by atoms with Gasteiger partial charge < -0.3 is 14.6 Å². The molecule has 108 valence electrons. The normalized spacial score (nSPS) is 14.2. The predicted octanol–water partition coefficient (Wildman–Crippen LogP) is 0.513. The summed E-state index contributed by atoms with van der Waals surface area (Å²) in [5.41, 5.74) is -1.04. The molecule has 0 aliphatic carbocycles. The lowest BCUT2D eigenvalue weighted by Crippen LogP contribution is -2.29. The first-order valence-corrected chi connectivity index (χ1v) is 5.88. The van der Waals surface area contributed by atoms with Gasteiger partial charge in [-0.2, -0.15) is 10.2 Å². The number of hydrogen-bond acceptors (Lipinski definition) is 7. The van der Waals surface area contributed by atoms with Crippen LogP contribution < -0.4 is 0 Å². The van der Waals surface area contributed by atoms with E-state index in [0.717, 1.165) is 0 Å². The van der Waals surface area contributed by atoms with Gasteiger partial charge in [0.05, 0.1) is 19.3 Å². The molecule has 0 aromatic heterocycles. The largest absolute Gasteiger partial charge is 0.481 e. The Labute approximate surface area is 115 Å². The van der Waals surface area contributed by atoms with Gasteiger partial charge >= 0.3 is 17.9 Å². The van der Waals surface area contributed by atoms with Gasteiger partial charge in [0.1, 0.15) is 13.2 Å². The van der Waals surface area contributed by atoms with Crippen LogP contribution in [0.3, 0.4) is 0 Å². The predicted molar refractivity (Wildman–Crippen MR) is 64.4 cm³/mol. The molecule has 0 bridgehead atoms. The Morgan fingerprint density at radius 1 is 1.05 bits per heavy atom. The third-order valence-corrected chi connectivity index (χ3v) is 2.33. The third-order valence-electron chi connectivity index (χ3n) is 2.33. The van der Waals surface area contributed by atoms with Crippen LogP contribution in [0.1, 0.15) is 25.7 Å². The number of carbonyl (C=O) groups excluding carboxylic acids is 2. The minimum Gasteiger partial charge on any atom is -0.481 e. The highest BCUT2D eigenvalue weighted by Crippen LogP contribution is 2.29. The molecular weight excluding hydrogens is 268 g/mol. The second-order valence-corrected chi connectivity index (χ2v) is 4.10. The molecule has 1 rings (SSSR count). The Hall–Kier alpha value is -2.43. The van der Waals surface area contributed by atoms with E-state index in [1.54, 1.807) is 0 Å². The summed E-state index contributed by atoms with van der Waals surface area (Å²) in [6.07, 6.45) is 4.86. The number of nitrogens with zero attached hydrogens (tertiary/aromatic N) is 2. The van der Waals surface area contributed by atoms with Gasteiger partial charge in [-0.3, -0.25) is 14.4 Å². The average Bonchev–Trinajstić information content (AvgIpc) is 3.19. The fourth-order valence-electron chi connectivity index (χ4n) is 1.15. The first kappa shape index (κ1) is 15.6. The minimum absolute atomic E-state index is 0.102. The molecule has 0 aromatic rings. The van der Waals surface area contributed by atoms with Crippen LogP contribution in [0.2, 0.25) is 0 Å². The smallest absolute Gasteiger partial charge is 0.306 e. The summed E-state index contributed by atoms with van der Waals surface area (Å²) in [7, 11) is 0. The minimum atomic E-state index is -1.08. The number of hydrogen-bond donors (Lipinski definition) is 1. The van der Waals surface area contributed by atoms with E-state index in [1.807, 2.05) is 0 Å². The Morgan fingerprint density at radius 2 is 1.60 bits per heavy atom. The number of carbonyl (C=O) groups is 3. The van der Waals surface area contributed by atoms with E-state index in [-0.39, 0.29) is 38.9 Å². The molecule has 0 fully saturated rings. The van der Waals surface area contributed by atoms with Crippen LogP contribution in [0.15, 0.2) is 10.2 Å². The van der Waals surface area contributed by atoms with Crippen LogP contribution in [-0.4, -0.2) is 41.9 Å². The Morgan fingerprint density at radius 3 is 2.05 bits per heavy atom. The molecule has 1 aliphatic heterocycles. The molecule has 0 radical (unpaired) electrons. The van der Waals surface area contributed by atoms with Crippen molar-refractivity contribution in [1.29, 1.82) is 0 Å². The molecule has 0 aromatic carbocycles. The zero-order valence-corrected chi connectivity index (χ0v) is 10.7. The Bertz CT molecular complexity index is 459. The van der Waals surface area contributed by atoms with Gasteiger partial charge in [-0.1, -0.05) is 0 Å². The van der Waals surface area contributed by atoms with Crippen molar-refractivity contribution >= 4 is 17.9 Å². The van der Waals surface area contributed by atoms with Crippen LogP contribution in [0.5, 0.6) is 0 Å². The summed E-state index contributed by atoms with van der Waals surface area (Å²) in [4.78, 5) is 32.7. The number of terminal acetylenes is 1. The number of carboxylic acids is 1. The maximum absolute atomic E-state index is 11.2. The lowest BCUT2D eigenvalue weighted by molar-refractivity contribution is -0.150. The van der Waals surface area contributed by atoms with E-state index in [4.69, 9.17) is 21.0 Å². The fraction of sp³-hybridized carbons (Fsp3) is 0.583. The summed E-state index contributed by atoms with van der Waals surface area (Å²) in [5.74, 6) is 0.0869. The summed E-state index contributed by atoms with van der Waals surface area (Å²) in [6, 6.07) is 0. The lowest BCUT2D eigenvalue weighted by atomic mass is 10.2. The summed E-state index contributed by atoms with van der Waals surface area (Å²) < 4.78 is 9.71. The van der Waals surface area contributed by atoms with Gasteiger partial charge in [-0.15, -0.1) is 12.3 Å². The Balaban J connectivity index is 2.19. The first-order chi connectivity index (χ1) is 9.47. The lowest BCUT2D eigenvalue weighted by Gasteiger charge is -2.11. The summed E-state index contributed by atoms with van der Waals surface area (Å²) in [5, 5.41) is 15.7. The summed E-state index contributed by atoms with van der Waals surface area (Å²) >= 11 is 0. The second-order valence-electron chi connectivity index (χ2n) is 4.10. The van der Waals surface area contributed by atoms with Crippen molar-refractivity contribution in [2.24, 2.45) is 10.2 Å². The number of esters is 2. The molecule has 20 heavy (non-hydrogen) atoms. The van der Waals surface area contributed by atoms with Gasteiger partial charge in [0, 0.05) is 6.42 Å². The SMILES string of the molecule is C#CCCC(=O)OCC1(COC(=O)CCC(=O)O)N=N1. The molecule has 0 saturated heterocycles. The van der Waals surface area contributed by atoms with Crippen molar-refractivity contribution < 1.29 is 29.0 Å². The maximum Gasteiger partial charge on any atom is 0.306 e. The van der Waals surface area contributed by atoms with Gasteiger partial charge in [-0.05, 0) is 0 Å². The van der Waals surface area contributed by atoms with Gasteiger partial charge in [0.25, 0.3) is 5.66 Å². The van der Waals surface area contributed by atoms with Crippen molar-refractivity contribution in [2.45, 2.75) is 31.3 Å². The Kier molecular flexibility index (Phi) is 5.65. The molecule has 0 atom stereocenters. The number of ether oxygens (including phenoxy) is 2. The number of carboxylic acid groups (broad SMARTS) is 1. The highest BCUT2D eigenvalue weighted by atomic mass is 16.6. The quantitative estimate of drug-likeness (QED) is 0.487. The van der Waals surface area contributed by atoms with E-state index in [2.05, 4.69) is 16.1 Å². The molecule has 8 nitrogen and oxygen atoms in total. The van der Waals surface area contributed by atoms with E-state index in [0.29, 0.717) is 0 Å². The maximum atomic E-state index is 11.2. The van der Waals surface area contributed by atoms with Crippen LogP contribution in [0, 0.1) is 12.3 Å². The number of rotatable bonds is 9. The number of aliphatic carboxylic acids is 1. The molecule has 0 spiro atoms. The first-order valence-electron chi connectivity index (χ1n) is 5.88. The van der Waals surface area contributed by atoms with Gasteiger partial charge in [0.15, 0.2) is 0 Å². The van der Waals surface area contributed by atoms with Crippen molar-refractivity contribution in [2.75, 3.05) is 13.2 Å². The van der Waals surface area contributed by atoms with Crippen LogP contribution in [-0.2, 0) is 23.9 Å². The van der Waals surface area contributed by atoms with E-state index < -0.39 is 23.6 Å². The third kappa shape index (κ3) is 5.95. The molecular formula is C12H14N2O6. The molecule has 0 saturated carbocycles. The second kappa shape index (κ2) is 7.23. The van der Waals surface area contributed by atoms with E-state index in [1.165, 1.54) is 0 Å². The van der Waals surface area contributed by atoms with Crippen molar-refractivity contribution in [3.8, 4) is 12.3 Å². The van der Waals surface area contributed by atoms with Crippen molar-refractivity contribution in [3.63, 3.8) is 0 Å². The van der Waals surface area contributed by atoms with Crippen LogP contribution in [0.4, 0.5) is 0 Å². The topological polar surface area (TPSA) is 115 Å². The van der Waals surface area contributed by atoms with Crippen LogP contribution in [0.25, 0.3) is 0 Å². The molecule has 8 heteroatoms. The highest BCUT2D eigenvalue weighted by Gasteiger charge is 2.43. The molecule has 0 amide bonds. The molecule has 1 aliphatic rings.